The van der Waals surface area contributed by atoms with Gasteiger partial charge in [-0.25, -0.2) is 0 Å². The molecule has 3 aromatic carbocycles. The number of ether oxygens (including phenoxy) is 1. The monoisotopic (exact) mass is 479 g/mol. The third-order valence-electron chi connectivity index (χ3n) is 5.97. The molecule has 0 saturated heterocycles. The number of benzene rings is 3. The lowest BCUT2D eigenvalue weighted by Gasteiger charge is -2.18. The van der Waals surface area contributed by atoms with Crippen LogP contribution >= 0.6 is 0 Å². The lowest BCUT2D eigenvalue weighted by Crippen LogP contribution is -2.23. The maximum absolute atomic E-state index is 14.4. The molecule has 0 saturated carbocycles. The molecular formula is C28H27F2NO4. The summed E-state index contributed by atoms with van der Waals surface area (Å²) in [4.78, 5) is 14.2. The van der Waals surface area contributed by atoms with Gasteiger partial charge in [0.2, 0.25) is 5.56 Å². The van der Waals surface area contributed by atoms with Crippen molar-refractivity contribution >= 4 is 10.9 Å². The van der Waals surface area contributed by atoms with E-state index in [1.165, 1.54) is 24.3 Å². The number of hydrogen-bond acceptors (Lipinski definition) is 4. The molecule has 0 aliphatic heterocycles. The fourth-order valence-electron chi connectivity index (χ4n) is 4.10. The minimum Gasteiger partial charge on any atom is -0.506 e. The van der Waals surface area contributed by atoms with Crippen molar-refractivity contribution in [3.05, 3.63) is 106 Å². The van der Waals surface area contributed by atoms with Gasteiger partial charge in [-0.15, -0.1) is 0 Å². The number of hydrogen-bond donors (Lipinski definition) is 3. The number of aliphatic hydroxyl groups excluding tert-OH is 1. The molecule has 0 radical (unpaired) electrons. The standard InChI is InChI=1S/C28H27F2NO4/c29-28(30,20-9-2-1-3-10-20)18-35-21-11-6-8-19(17-21)7-4-5-12-24(32)22-13-15-25(33)27-23(22)14-16-26(34)31-27/h1-3,6,8-11,13-17,24,32-33H,4-5,7,12,18H2,(H,31,34). The van der Waals surface area contributed by atoms with E-state index in [-0.39, 0.29) is 16.9 Å². The Labute approximate surface area is 201 Å². The van der Waals surface area contributed by atoms with Crippen molar-refractivity contribution in [1.82, 2.24) is 4.98 Å². The number of aromatic hydroxyl groups is 1. The SMILES string of the molecule is O=c1ccc2c(C(O)CCCCc3cccc(OCC(F)(F)c4ccccc4)c3)ccc(O)c2[nH]1. The molecular weight excluding hydrogens is 452 g/mol. The minimum absolute atomic E-state index is 0.0442. The quantitative estimate of drug-likeness (QED) is 0.249. The molecule has 7 heteroatoms. The van der Waals surface area contributed by atoms with Crippen LogP contribution in [0.3, 0.4) is 0 Å². The molecule has 0 bridgehead atoms. The van der Waals surface area contributed by atoms with Crippen molar-refractivity contribution in [2.75, 3.05) is 6.61 Å². The Hall–Kier alpha value is -3.71. The third kappa shape index (κ3) is 6.05. The van der Waals surface area contributed by atoms with E-state index in [1.807, 2.05) is 6.07 Å². The van der Waals surface area contributed by atoms with Gasteiger partial charge in [0.15, 0.2) is 6.61 Å². The van der Waals surface area contributed by atoms with Gasteiger partial charge < -0.3 is 19.9 Å². The summed E-state index contributed by atoms with van der Waals surface area (Å²) < 4.78 is 34.1. The number of H-pyrrole nitrogens is 1. The second-order valence-electron chi connectivity index (χ2n) is 8.55. The van der Waals surface area contributed by atoms with Crippen molar-refractivity contribution < 1.29 is 23.7 Å². The van der Waals surface area contributed by atoms with Crippen LogP contribution in [0.1, 0.15) is 42.1 Å². The zero-order valence-electron chi connectivity index (χ0n) is 19.1. The summed E-state index contributed by atoms with van der Waals surface area (Å²) in [5, 5.41) is 21.3. The Bertz CT molecular complexity index is 1340. The lowest BCUT2D eigenvalue weighted by atomic mass is 9.97. The molecule has 3 N–H and O–H groups in total. The highest BCUT2D eigenvalue weighted by molar-refractivity contribution is 5.87. The Morgan fingerprint density at radius 2 is 1.74 bits per heavy atom. The minimum atomic E-state index is -3.08. The van der Waals surface area contributed by atoms with E-state index < -0.39 is 18.6 Å². The number of aromatic amines is 1. The molecule has 0 amide bonds. The molecule has 1 heterocycles. The smallest absolute Gasteiger partial charge is 0.306 e. The number of rotatable bonds is 10. The zero-order valence-corrected chi connectivity index (χ0v) is 19.1. The van der Waals surface area contributed by atoms with Gasteiger partial charge in [0, 0.05) is 17.0 Å². The van der Waals surface area contributed by atoms with Crippen LogP contribution in [0.4, 0.5) is 8.78 Å². The van der Waals surface area contributed by atoms with Crippen LogP contribution in [0.2, 0.25) is 0 Å². The van der Waals surface area contributed by atoms with Crippen molar-refractivity contribution in [2.24, 2.45) is 0 Å². The van der Waals surface area contributed by atoms with Gasteiger partial charge in [-0.3, -0.25) is 4.79 Å². The molecule has 0 spiro atoms. The van der Waals surface area contributed by atoms with Crippen LogP contribution in [0.25, 0.3) is 10.9 Å². The van der Waals surface area contributed by atoms with Gasteiger partial charge in [0.05, 0.1) is 11.6 Å². The number of aromatic nitrogens is 1. The molecule has 0 aliphatic carbocycles. The Balaban J connectivity index is 1.30. The number of nitrogens with one attached hydrogen (secondary N) is 1. The molecule has 4 aromatic rings. The second-order valence-corrected chi connectivity index (χ2v) is 8.55. The molecule has 4 rings (SSSR count). The lowest BCUT2D eigenvalue weighted by molar-refractivity contribution is -0.0467. The van der Waals surface area contributed by atoms with Crippen LogP contribution in [-0.2, 0) is 12.3 Å². The van der Waals surface area contributed by atoms with Crippen molar-refractivity contribution in [1.29, 1.82) is 0 Å². The number of alkyl halides is 2. The Morgan fingerprint density at radius 1 is 0.943 bits per heavy atom. The first-order valence-electron chi connectivity index (χ1n) is 11.5. The zero-order chi connectivity index (χ0) is 24.8. The predicted molar refractivity (Wildman–Crippen MR) is 131 cm³/mol. The highest BCUT2D eigenvalue weighted by Gasteiger charge is 2.32. The van der Waals surface area contributed by atoms with Crippen LogP contribution in [-0.4, -0.2) is 21.8 Å². The van der Waals surface area contributed by atoms with Gasteiger partial charge in [-0.2, -0.15) is 8.78 Å². The van der Waals surface area contributed by atoms with E-state index in [0.29, 0.717) is 35.1 Å². The molecule has 1 unspecified atom stereocenters. The van der Waals surface area contributed by atoms with Gasteiger partial charge in [0.25, 0.3) is 0 Å². The van der Waals surface area contributed by atoms with Crippen molar-refractivity contribution in [3.63, 3.8) is 0 Å². The van der Waals surface area contributed by atoms with Crippen LogP contribution < -0.4 is 10.3 Å². The second kappa shape index (κ2) is 10.7. The number of phenols is 1. The topological polar surface area (TPSA) is 82.6 Å². The summed E-state index contributed by atoms with van der Waals surface area (Å²) in [7, 11) is 0. The number of phenolic OH excluding ortho intramolecular Hbond substituents is 1. The molecule has 0 fully saturated rings. The summed E-state index contributed by atoms with van der Waals surface area (Å²) in [5.41, 5.74) is 1.51. The summed E-state index contributed by atoms with van der Waals surface area (Å²) >= 11 is 0. The fraction of sp³-hybridized carbons (Fsp3) is 0.250. The van der Waals surface area contributed by atoms with E-state index in [0.717, 1.165) is 18.4 Å². The average molecular weight is 480 g/mol. The molecule has 35 heavy (non-hydrogen) atoms. The largest absolute Gasteiger partial charge is 0.506 e. The van der Waals surface area contributed by atoms with E-state index in [4.69, 9.17) is 4.74 Å². The first-order valence-corrected chi connectivity index (χ1v) is 11.5. The molecule has 5 nitrogen and oxygen atoms in total. The summed E-state index contributed by atoms with van der Waals surface area (Å²) in [5.74, 6) is -2.74. The van der Waals surface area contributed by atoms with Crippen LogP contribution in [0, 0.1) is 0 Å². The first kappa shape index (κ1) is 24.4. The summed E-state index contributed by atoms with van der Waals surface area (Å²) in [6.07, 6.45) is 1.97. The maximum atomic E-state index is 14.4. The van der Waals surface area contributed by atoms with Gasteiger partial charge in [-0.05, 0) is 54.7 Å². The Kier molecular flexibility index (Phi) is 7.46. The first-order chi connectivity index (χ1) is 16.8. The van der Waals surface area contributed by atoms with Gasteiger partial charge >= 0.3 is 5.92 Å². The highest BCUT2D eigenvalue weighted by atomic mass is 19.3. The molecule has 1 atom stereocenters. The average Bonchev–Trinajstić information content (AvgIpc) is 2.87. The van der Waals surface area contributed by atoms with E-state index in [9.17, 15) is 23.8 Å². The normalized spacial score (nSPS) is 12.5. The molecule has 182 valence electrons. The summed E-state index contributed by atoms with van der Waals surface area (Å²) in [6, 6.07) is 20.8. The van der Waals surface area contributed by atoms with Crippen LogP contribution in [0.5, 0.6) is 11.5 Å². The Morgan fingerprint density at radius 3 is 2.54 bits per heavy atom. The molecule has 0 aliphatic rings. The van der Waals surface area contributed by atoms with Crippen molar-refractivity contribution in [3.8, 4) is 11.5 Å². The number of aryl methyl sites for hydroxylation is 1. The van der Waals surface area contributed by atoms with Crippen LogP contribution in [0.15, 0.2) is 83.7 Å². The highest BCUT2D eigenvalue weighted by Crippen LogP contribution is 2.31. The molecule has 1 aromatic heterocycles. The fourth-order valence-corrected chi connectivity index (χ4v) is 4.10. The third-order valence-corrected chi connectivity index (χ3v) is 5.97. The van der Waals surface area contributed by atoms with E-state index in [1.54, 1.807) is 48.5 Å². The number of halogens is 2. The van der Waals surface area contributed by atoms with Crippen molar-refractivity contribution in [2.45, 2.75) is 37.7 Å². The van der Waals surface area contributed by atoms with Gasteiger partial charge in [0.1, 0.15) is 11.5 Å². The number of fused-ring (bicyclic) bond motifs is 1. The maximum Gasteiger partial charge on any atom is 0.306 e. The van der Waals surface area contributed by atoms with E-state index >= 15 is 0 Å². The number of pyridine rings is 1. The number of aliphatic hydroxyl groups is 1. The number of unbranched alkanes of at least 4 members (excludes halogenated alkanes) is 1. The van der Waals surface area contributed by atoms with E-state index in [2.05, 4.69) is 4.98 Å². The van der Waals surface area contributed by atoms with Gasteiger partial charge in [-0.1, -0.05) is 55.0 Å². The predicted octanol–water partition coefficient (Wildman–Crippen LogP) is 5.85. The summed E-state index contributed by atoms with van der Waals surface area (Å²) in [6.45, 7) is -0.738.